The number of nitrogens with zero attached hydrogens (tertiary/aromatic N) is 1. The third-order valence-electron chi connectivity index (χ3n) is 3.73. The molecule has 4 N–H and O–H groups in total. The Morgan fingerprint density at radius 1 is 1.35 bits per heavy atom. The maximum absolute atomic E-state index is 5.85. The van der Waals surface area contributed by atoms with Gasteiger partial charge in [0, 0.05) is 6.04 Å². The molecule has 0 saturated heterocycles. The van der Waals surface area contributed by atoms with Gasteiger partial charge >= 0.3 is 0 Å². The molecule has 0 atom stereocenters. The molecule has 4 heteroatoms. The normalized spacial score (nSPS) is 24.8. The Hall–Kier alpha value is -1.19. The Kier molecular flexibility index (Phi) is 3.92. The molecule has 1 aromatic rings. The number of aromatic nitrogens is 2. The lowest BCUT2D eigenvalue weighted by molar-refractivity contribution is 0.318. The van der Waals surface area contributed by atoms with Gasteiger partial charge in [-0.2, -0.15) is 0 Å². The minimum atomic E-state index is 0.549. The second-order valence-corrected chi connectivity index (χ2v) is 5.24. The van der Waals surface area contributed by atoms with E-state index >= 15 is 0 Å². The van der Waals surface area contributed by atoms with Gasteiger partial charge in [0.2, 0.25) is 0 Å². The number of aryl methyl sites for hydroxylation is 1. The molecule has 0 spiro atoms. The largest absolute Gasteiger partial charge is 0.382 e. The van der Waals surface area contributed by atoms with Crippen LogP contribution in [0.15, 0.2) is 0 Å². The fourth-order valence-corrected chi connectivity index (χ4v) is 2.82. The quantitative estimate of drug-likeness (QED) is 0.752. The molecule has 0 radical (unpaired) electrons. The second-order valence-electron chi connectivity index (χ2n) is 5.24. The highest BCUT2D eigenvalue weighted by Crippen LogP contribution is 2.30. The van der Waals surface area contributed by atoms with Crippen molar-refractivity contribution < 1.29 is 0 Å². The zero-order valence-corrected chi connectivity index (χ0v) is 10.9. The van der Waals surface area contributed by atoms with Crippen LogP contribution in [0.2, 0.25) is 0 Å². The number of hydrogen-bond acceptors (Lipinski definition) is 3. The first kappa shape index (κ1) is 12.3. The number of hydrogen-bond donors (Lipinski definition) is 3. The lowest BCUT2D eigenvalue weighted by Gasteiger charge is -2.29. The fraction of sp³-hybridized carbons (Fsp3) is 0.769. The van der Waals surface area contributed by atoms with Crippen molar-refractivity contribution in [3.05, 3.63) is 5.82 Å². The average molecular weight is 236 g/mol. The molecular weight excluding hydrogens is 212 g/mol. The maximum atomic E-state index is 5.85. The molecule has 0 bridgehead atoms. The first-order chi connectivity index (χ1) is 8.19. The van der Waals surface area contributed by atoms with Crippen molar-refractivity contribution in [1.82, 2.24) is 9.97 Å². The van der Waals surface area contributed by atoms with Gasteiger partial charge in [-0.05, 0) is 38.5 Å². The van der Waals surface area contributed by atoms with Crippen LogP contribution in [0, 0.1) is 12.8 Å². The van der Waals surface area contributed by atoms with Gasteiger partial charge in [-0.25, -0.2) is 4.98 Å². The molecule has 17 heavy (non-hydrogen) atoms. The standard InChI is InChI=1S/C13H24N4/c1-3-4-10-5-7-11(8-6-10)17-13-12(14)15-9(2)16-13/h10-11,17H,3-8,14H2,1-2H3,(H,15,16). The number of H-pyrrole nitrogens is 1. The van der Waals surface area contributed by atoms with Crippen LogP contribution in [0.5, 0.6) is 0 Å². The maximum Gasteiger partial charge on any atom is 0.168 e. The number of anilines is 2. The summed E-state index contributed by atoms with van der Waals surface area (Å²) in [4.78, 5) is 7.40. The van der Waals surface area contributed by atoms with E-state index < -0.39 is 0 Å². The summed E-state index contributed by atoms with van der Waals surface area (Å²) >= 11 is 0. The molecule has 4 nitrogen and oxygen atoms in total. The molecule has 1 aromatic heterocycles. The molecule has 2 rings (SSSR count). The molecule has 1 aliphatic rings. The molecule has 1 saturated carbocycles. The van der Waals surface area contributed by atoms with Crippen LogP contribution in [-0.4, -0.2) is 16.0 Å². The number of imidazole rings is 1. The lowest BCUT2D eigenvalue weighted by atomic mass is 9.83. The monoisotopic (exact) mass is 236 g/mol. The zero-order chi connectivity index (χ0) is 12.3. The van der Waals surface area contributed by atoms with Crippen LogP contribution in [0.25, 0.3) is 0 Å². The Balaban J connectivity index is 1.84. The molecule has 0 aromatic carbocycles. The molecule has 1 fully saturated rings. The Bertz CT molecular complexity index is 350. The first-order valence-corrected chi connectivity index (χ1v) is 6.77. The van der Waals surface area contributed by atoms with Gasteiger partial charge in [0.1, 0.15) is 11.6 Å². The predicted molar refractivity (Wildman–Crippen MR) is 72.0 cm³/mol. The van der Waals surface area contributed by atoms with Crippen molar-refractivity contribution >= 4 is 11.6 Å². The van der Waals surface area contributed by atoms with Gasteiger partial charge in [-0.15, -0.1) is 0 Å². The number of aromatic amines is 1. The minimum Gasteiger partial charge on any atom is -0.382 e. The topological polar surface area (TPSA) is 66.7 Å². The summed E-state index contributed by atoms with van der Waals surface area (Å²) in [5.74, 6) is 3.32. The van der Waals surface area contributed by atoms with Crippen molar-refractivity contribution in [2.24, 2.45) is 5.92 Å². The summed E-state index contributed by atoms with van der Waals surface area (Å²) in [6.07, 6.45) is 7.88. The van der Waals surface area contributed by atoms with Crippen molar-refractivity contribution in [3.63, 3.8) is 0 Å². The second kappa shape index (κ2) is 5.43. The smallest absolute Gasteiger partial charge is 0.168 e. The van der Waals surface area contributed by atoms with E-state index in [9.17, 15) is 0 Å². The summed E-state index contributed by atoms with van der Waals surface area (Å²) in [6.45, 7) is 4.21. The van der Waals surface area contributed by atoms with Crippen LogP contribution >= 0.6 is 0 Å². The van der Waals surface area contributed by atoms with Crippen molar-refractivity contribution in [2.45, 2.75) is 58.4 Å². The molecule has 1 heterocycles. The highest BCUT2D eigenvalue weighted by Gasteiger charge is 2.21. The lowest BCUT2D eigenvalue weighted by Crippen LogP contribution is -2.26. The van der Waals surface area contributed by atoms with Gasteiger partial charge < -0.3 is 16.0 Å². The summed E-state index contributed by atoms with van der Waals surface area (Å²) < 4.78 is 0. The third kappa shape index (κ3) is 3.14. The molecule has 1 aliphatic carbocycles. The van der Waals surface area contributed by atoms with E-state index in [1.807, 2.05) is 6.92 Å². The van der Waals surface area contributed by atoms with Crippen molar-refractivity contribution in [1.29, 1.82) is 0 Å². The van der Waals surface area contributed by atoms with Crippen LogP contribution in [-0.2, 0) is 0 Å². The zero-order valence-electron chi connectivity index (χ0n) is 10.9. The van der Waals surface area contributed by atoms with Crippen LogP contribution in [0.3, 0.4) is 0 Å². The van der Waals surface area contributed by atoms with Crippen LogP contribution < -0.4 is 11.1 Å². The molecule has 0 amide bonds. The van der Waals surface area contributed by atoms with Gasteiger partial charge in [-0.3, -0.25) is 0 Å². The van der Waals surface area contributed by atoms with Gasteiger partial charge in [0.25, 0.3) is 0 Å². The SMILES string of the molecule is CCCC1CCC(Nc2nc(C)[nH]c2N)CC1. The van der Waals surface area contributed by atoms with Crippen LogP contribution in [0.4, 0.5) is 11.6 Å². The number of nitrogen functional groups attached to an aromatic ring is 1. The van der Waals surface area contributed by atoms with Gasteiger partial charge in [0.15, 0.2) is 5.82 Å². The Morgan fingerprint density at radius 3 is 2.59 bits per heavy atom. The highest BCUT2D eigenvalue weighted by atomic mass is 15.1. The van der Waals surface area contributed by atoms with Crippen molar-refractivity contribution in [3.8, 4) is 0 Å². The molecule has 96 valence electrons. The fourth-order valence-electron chi connectivity index (χ4n) is 2.82. The number of rotatable bonds is 4. The highest BCUT2D eigenvalue weighted by molar-refractivity contribution is 5.57. The number of nitrogens with one attached hydrogen (secondary N) is 2. The van der Waals surface area contributed by atoms with E-state index in [1.54, 1.807) is 0 Å². The van der Waals surface area contributed by atoms with E-state index in [4.69, 9.17) is 5.73 Å². The van der Waals surface area contributed by atoms with E-state index in [-0.39, 0.29) is 0 Å². The van der Waals surface area contributed by atoms with Crippen LogP contribution in [0.1, 0.15) is 51.3 Å². The Morgan fingerprint density at radius 2 is 2.06 bits per heavy atom. The minimum absolute atomic E-state index is 0.549. The predicted octanol–water partition coefficient (Wildman–Crippen LogP) is 3.07. The van der Waals surface area contributed by atoms with E-state index in [2.05, 4.69) is 22.2 Å². The summed E-state index contributed by atoms with van der Waals surface area (Å²) in [5.41, 5.74) is 5.85. The summed E-state index contributed by atoms with van der Waals surface area (Å²) in [6, 6.07) is 0.549. The van der Waals surface area contributed by atoms with Gasteiger partial charge in [0.05, 0.1) is 0 Å². The van der Waals surface area contributed by atoms with Gasteiger partial charge in [-0.1, -0.05) is 19.8 Å². The number of nitrogens with two attached hydrogens (primary N) is 1. The van der Waals surface area contributed by atoms with E-state index in [0.717, 1.165) is 17.6 Å². The molecule has 0 unspecified atom stereocenters. The average Bonchev–Trinajstić information content (AvgIpc) is 2.61. The summed E-state index contributed by atoms with van der Waals surface area (Å²) in [7, 11) is 0. The first-order valence-electron chi connectivity index (χ1n) is 6.77. The van der Waals surface area contributed by atoms with E-state index in [0.29, 0.717) is 11.9 Å². The van der Waals surface area contributed by atoms with E-state index in [1.165, 1.54) is 38.5 Å². The molecular formula is C13H24N4. The van der Waals surface area contributed by atoms with Crippen molar-refractivity contribution in [2.75, 3.05) is 11.1 Å². The molecule has 0 aliphatic heterocycles. The third-order valence-corrected chi connectivity index (χ3v) is 3.73. The summed E-state index contributed by atoms with van der Waals surface area (Å²) in [5, 5.41) is 3.47. The Labute approximate surface area is 103 Å².